The molecule has 1 aromatic carbocycles. The Hall–Kier alpha value is -2.37. The van der Waals surface area contributed by atoms with Crippen molar-refractivity contribution in [2.24, 2.45) is 0 Å². The van der Waals surface area contributed by atoms with Gasteiger partial charge in [0.2, 0.25) is 0 Å². The second kappa shape index (κ2) is 6.60. The fraction of sp³-hybridized carbons (Fsp3) is 0.438. The molecule has 2 aromatic rings. The number of hydrogen-bond acceptors (Lipinski definition) is 3. The van der Waals surface area contributed by atoms with Gasteiger partial charge in [0, 0.05) is 30.8 Å². The highest BCUT2D eigenvalue weighted by atomic mass is 16.2. The van der Waals surface area contributed by atoms with Crippen molar-refractivity contribution in [3.8, 4) is 11.4 Å². The van der Waals surface area contributed by atoms with Gasteiger partial charge in [-0.2, -0.15) is 0 Å². The number of carbonyl (C=O) groups excluding carboxylic acids is 1. The number of aromatic nitrogens is 3. The van der Waals surface area contributed by atoms with Gasteiger partial charge in [0.15, 0.2) is 5.82 Å². The lowest BCUT2D eigenvalue weighted by molar-refractivity contribution is 0.252. The summed E-state index contributed by atoms with van der Waals surface area (Å²) in [6, 6.07) is 7.55. The third kappa shape index (κ3) is 3.10. The van der Waals surface area contributed by atoms with E-state index in [4.69, 9.17) is 0 Å². The minimum Gasteiger partial charge on any atom is -0.338 e. The van der Waals surface area contributed by atoms with E-state index in [2.05, 4.69) is 25.4 Å². The minimum atomic E-state index is -0.188. The Balaban J connectivity index is 1.78. The second-order valence-corrected chi connectivity index (χ2v) is 5.46. The molecule has 0 unspecified atom stereocenters. The number of carbonyl (C=O) groups is 1. The maximum atomic E-state index is 11.5. The van der Waals surface area contributed by atoms with E-state index in [9.17, 15) is 4.79 Å². The molecule has 116 valence electrons. The number of urea groups is 1. The number of aryl methyl sites for hydroxylation is 1. The first-order valence-corrected chi connectivity index (χ1v) is 7.85. The number of anilines is 1. The number of hydrogen-bond donors (Lipinski definition) is 2. The molecule has 1 aliphatic rings. The monoisotopic (exact) mass is 299 g/mol. The number of amides is 2. The fourth-order valence-electron chi connectivity index (χ4n) is 2.74. The molecule has 0 bridgehead atoms. The summed E-state index contributed by atoms with van der Waals surface area (Å²) in [6.45, 7) is 3.48. The molecule has 1 aliphatic heterocycles. The van der Waals surface area contributed by atoms with Crippen molar-refractivity contribution in [1.82, 2.24) is 20.1 Å². The number of nitrogens with one attached hydrogen (secondary N) is 2. The van der Waals surface area contributed by atoms with Crippen LogP contribution >= 0.6 is 0 Å². The molecule has 0 saturated heterocycles. The van der Waals surface area contributed by atoms with E-state index in [-0.39, 0.29) is 6.03 Å². The van der Waals surface area contributed by atoms with Crippen LogP contribution in [0.5, 0.6) is 0 Å². The third-order valence-corrected chi connectivity index (χ3v) is 3.85. The van der Waals surface area contributed by atoms with Gasteiger partial charge in [-0.3, -0.25) is 0 Å². The van der Waals surface area contributed by atoms with Crippen molar-refractivity contribution < 1.29 is 4.79 Å². The van der Waals surface area contributed by atoms with E-state index in [1.54, 1.807) is 0 Å². The van der Waals surface area contributed by atoms with Crippen LogP contribution in [-0.4, -0.2) is 27.3 Å². The summed E-state index contributed by atoms with van der Waals surface area (Å²) in [4.78, 5) is 11.5. The molecule has 3 rings (SSSR count). The summed E-state index contributed by atoms with van der Waals surface area (Å²) >= 11 is 0. The van der Waals surface area contributed by atoms with Gasteiger partial charge in [0.25, 0.3) is 0 Å². The minimum absolute atomic E-state index is 0.188. The lowest BCUT2D eigenvalue weighted by atomic mass is 10.2. The molecule has 0 saturated carbocycles. The molecule has 0 spiro atoms. The molecule has 2 amide bonds. The summed E-state index contributed by atoms with van der Waals surface area (Å²) in [5.74, 6) is 2.00. The van der Waals surface area contributed by atoms with E-state index < -0.39 is 0 Å². The quantitative estimate of drug-likeness (QED) is 0.915. The Morgan fingerprint density at radius 2 is 2.00 bits per heavy atom. The van der Waals surface area contributed by atoms with Gasteiger partial charge in [-0.1, -0.05) is 6.42 Å². The Labute approximate surface area is 129 Å². The van der Waals surface area contributed by atoms with Crippen LogP contribution in [0.2, 0.25) is 0 Å². The standard InChI is InChI=1S/C16H21N5O/c1-2-17-16(22)18-13-9-7-12(8-10-13)15-20-19-14-6-4-3-5-11-21(14)15/h7-10H,2-6,11H2,1H3,(H2,17,18,22). The van der Waals surface area contributed by atoms with Gasteiger partial charge >= 0.3 is 6.03 Å². The van der Waals surface area contributed by atoms with Crippen molar-refractivity contribution in [3.63, 3.8) is 0 Å². The van der Waals surface area contributed by atoms with E-state index in [0.717, 1.165) is 35.9 Å². The molecule has 2 heterocycles. The van der Waals surface area contributed by atoms with Gasteiger partial charge in [-0.25, -0.2) is 4.79 Å². The van der Waals surface area contributed by atoms with Crippen LogP contribution in [0.3, 0.4) is 0 Å². The Morgan fingerprint density at radius 3 is 2.77 bits per heavy atom. The summed E-state index contributed by atoms with van der Waals surface area (Å²) in [7, 11) is 0. The highest BCUT2D eigenvalue weighted by molar-refractivity contribution is 5.89. The zero-order valence-electron chi connectivity index (χ0n) is 12.8. The molecule has 0 fully saturated rings. The molecular weight excluding hydrogens is 278 g/mol. The summed E-state index contributed by atoms with van der Waals surface area (Å²) in [6.07, 6.45) is 4.62. The van der Waals surface area contributed by atoms with Crippen molar-refractivity contribution in [2.45, 2.75) is 39.2 Å². The van der Waals surface area contributed by atoms with E-state index in [1.165, 1.54) is 19.3 Å². The summed E-state index contributed by atoms with van der Waals surface area (Å²) < 4.78 is 2.22. The van der Waals surface area contributed by atoms with Crippen LogP contribution in [0.4, 0.5) is 10.5 Å². The zero-order valence-corrected chi connectivity index (χ0v) is 12.8. The van der Waals surface area contributed by atoms with Crippen LogP contribution < -0.4 is 10.6 Å². The number of benzene rings is 1. The maximum absolute atomic E-state index is 11.5. The lowest BCUT2D eigenvalue weighted by Crippen LogP contribution is -2.28. The number of nitrogens with zero attached hydrogens (tertiary/aromatic N) is 3. The summed E-state index contributed by atoms with van der Waals surface area (Å²) in [5, 5.41) is 14.2. The number of rotatable bonds is 3. The summed E-state index contributed by atoms with van der Waals surface area (Å²) in [5.41, 5.74) is 1.80. The van der Waals surface area contributed by atoms with Crippen LogP contribution in [0, 0.1) is 0 Å². The second-order valence-electron chi connectivity index (χ2n) is 5.46. The number of fused-ring (bicyclic) bond motifs is 1. The van der Waals surface area contributed by atoms with Gasteiger partial charge in [-0.05, 0) is 44.0 Å². The van der Waals surface area contributed by atoms with Crippen molar-refractivity contribution in [1.29, 1.82) is 0 Å². The molecule has 0 atom stereocenters. The highest BCUT2D eigenvalue weighted by Gasteiger charge is 2.15. The predicted octanol–water partition coefficient (Wildman–Crippen LogP) is 2.81. The van der Waals surface area contributed by atoms with Crippen molar-refractivity contribution >= 4 is 11.7 Å². The first-order chi connectivity index (χ1) is 10.8. The molecule has 22 heavy (non-hydrogen) atoms. The van der Waals surface area contributed by atoms with Gasteiger partial charge < -0.3 is 15.2 Å². The molecule has 6 nitrogen and oxygen atoms in total. The third-order valence-electron chi connectivity index (χ3n) is 3.85. The van der Waals surface area contributed by atoms with Crippen LogP contribution in [0.25, 0.3) is 11.4 Å². The predicted molar refractivity (Wildman–Crippen MR) is 85.7 cm³/mol. The highest BCUT2D eigenvalue weighted by Crippen LogP contribution is 2.23. The molecular formula is C16H21N5O. The molecule has 2 N–H and O–H groups in total. The maximum Gasteiger partial charge on any atom is 0.319 e. The van der Waals surface area contributed by atoms with Gasteiger partial charge in [0.05, 0.1) is 0 Å². The molecule has 1 aromatic heterocycles. The van der Waals surface area contributed by atoms with E-state index in [0.29, 0.717) is 6.54 Å². The smallest absolute Gasteiger partial charge is 0.319 e. The Morgan fingerprint density at radius 1 is 1.18 bits per heavy atom. The van der Waals surface area contributed by atoms with Crippen LogP contribution in [0.1, 0.15) is 32.0 Å². The molecule has 6 heteroatoms. The normalized spacial score (nSPS) is 14.0. The fourth-order valence-corrected chi connectivity index (χ4v) is 2.74. The van der Waals surface area contributed by atoms with Crippen LogP contribution in [-0.2, 0) is 13.0 Å². The lowest BCUT2D eigenvalue weighted by Gasteiger charge is -2.09. The van der Waals surface area contributed by atoms with Crippen molar-refractivity contribution in [2.75, 3.05) is 11.9 Å². The Kier molecular flexibility index (Phi) is 4.37. The topological polar surface area (TPSA) is 71.8 Å². The molecule has 0 aliphatic carbocycles. The van der Waals surface area contributed by atoms with Crippen LogP contribution in [0.15, 0.2) is 24.3 Å². The average Bonchev–Trinajstić information content (AvgIpc) is 2.77. The SMILES string of the molecule is CCNC(=O)Nc1ccc(-c2nnc3n2CCCCC3)cc1. The first kappa shape index (κ1) is 14.6. The zero-order chi connectivity index (χ0) is 15.4. The Bertz CT molecular complexity index is 647. The van der Waals surface area contributed by atoms with Gasteiger partial charge in [-0.15, -0.1) is 10.2 Å². The van der Waals surface area contributed by atoms with E-state index in [1.807, 2.05) is 31.2 Å². The first-order valence-electron chi connectivity index (χ1n) is 7.85. The average molecular weight is 299 g/mol. The van der Waals surface area contributed by atoms with Gasteiger partial charge in [0.1, 0.15) is 5.82 Å². The van der Waals surface area contributed by atoms with E-state index >= 15 is 0 Å². The molecule has 0 radical (unpaired) electrons. The van der Waals surface area contributed by atoms with Crippen molar-refractivity contribution in [3.05, 3.63) is 30.1 Å². The largest absolute Gasteiger partial charge is 0.338 e.